The number of carboxylic acids is 1. The fraction of sp³-hybridized carbons (Fsp3) is 0.944. The largest absolute Gasteiger partial charge is 0.481 e. The fourth-order valence-electron chi connectivity index (χ4n) is 4.32. The van der Waals surface area contributed by atoms with Crippen LogP contribution in [0.25, 0.3) is 0 Å². The molecule has 1 unspecified atom stereocenters. The zero-order valence-corrected chi connectivity index (χ0v) is 14.2. The van der Waals surface area contributed by atoms with Crippen molar-refractivity contribution in [3.8, 4) is 0 Å². The molecule has 0 aromatic carbocycles. The molecule has 0 radical (unpaired) electrons. The number of likely N-dealkylation sites (tertiary alicyclic amines) is 1. The van der Waals surface area contributed by atoms with Gasteiger partial charge >= 0.3 is 5.97 Å². The van der Waals surface area contributed by atoms with Gasteiger partial charge in [-0.15, -0.1) is 0 Å². The molecule has 1 aliphatic carbocycles. The third kappa shape index (κ3) is 4.70. The number of nitrogens with zero attached hydrogens (tertiary/aromatic N) is 1. The summed E-state index contributed by atoms with van der Waals surface area (Å²) < 4.78 is 0. The van der Waals surface area contributed by atoms with Crippen LogP contribution < -0.4 is 0 Å². The van der Waals surface area contributed by atoms with E-state index in [9.17, 15) is 4.79 Å². The monoisotopic (exact) mass is 295 g/mol. The van der Waals surface area contributed by atoms with E-state index in [4.69, 9.17) is 5.11 Å². The van der Waals surface area contributed by atoms with Gasteiger partial charge in [-0.2, -0.15) is 0 Å². The predicted octanol–water partition coefficient (Wildman–Crippen LogP) is 4.17. The Morgan fingerprint density at radius 1 is 1.14 bits per heavy atom. The molecule has 0 bridgehead atoms. The van der Waals surface area contributed by atoms with Crippen molar-refractivity contribution >= 4 is 5.97 Å². The van der Waals surface area contributed by atoms with E-state index in [0.29, 0.717) is 17.8 Å². The number of aliphatic carboxylic acids is 1. The van der Waals surface area contributed by atoms with Crippen molar-refractivity contribution in [3.05, 3.63) is 0 Å². The van der Waals surface area contributed by atoms with Gasteiger partial charge in [-0.1, -0.05) is 40.0 Å². The molecule has 122 valence electrons. The first kappa shape index (κ1) is 16.8. The van der Waals surface area contributed by atoms with Crippen LogP contribution in [0.5, 0.6) is 0 Å². The van der Waals surface area contributed by atoms with Gasteiger partial charge in [0, 0.05) is 19.5 Å². The van der Waals surface area contributed by atoms with Gasteiger partial charge in [0.1, 0.15) is 0 Å². The van der Waals surface area contributed by atoms with Crippen LogP contribution in [0.4, 0.5) is 0 Å². The molecule has 0 aromatic heterocycles. The highest BCUT2D eigenvalue weighted by Gasteiger charge is 2.43. The van der Waals surface area contributed by atoms with Gasteiger partial charge in [-0.3, -0.25) is 4.79 Å². The van der Waals surface area contributed by atoms with E-state index in [1.54, 1.807) is 0 Å². The molecule has 1 saturated carbocycles. The number of carboxylic acid groups (broad SMARTS) is 1. The molecule has 1 aliphatic heterocycles. The van der Waals surface area contributed by atoms with Crippen LogP contribution in [0.1, 0.15) is 72.1 Å². The minimum Gasteiger partial charge on any atom is -0.481 e. The Bertz CT molecular complexity index is 345. The average molecular weight is 295 g/mol. The molecule has 2 rings (SSSR count). The van der Waals surface area contributed by atoms with Gasteiger partial charge in [0.2, 0.25) is 0 Å². The molecule has 1 atom stereocenters. The van der Waals surface area contributed by atoms with Crippen LogP contribution in [0.3, 0.4) is 0 Å². The van der Waals surface area contributed by atoms with E-state index in [1.807, 2.05) is 0 Å². The van der Waals surface area contributed by atoms with E-state index in [0.717, 1.165) is 19.4 Å². The van der Waals surface area contributed by atoms with Crippen molar-refractivity contribution in [3.63, 3.8) is 0 Å². The first-order valence-electron chi connectivity index (χ1n) is 8.75. The SMILES string of the molecule is CC(C)(C)C(CCC(=O)O)CCN1CC2(CCCCC2)C1. The first-order valence-corrected chi connectivity index (χ1v) is 8.75. The van der Waals surface area contributed by atoms with E-state index in [-0.39, 0.29) is 5.41 Å². The van der Waals surface area contributed by atoms with Gasteiger partial charge in [-0.05, 0) is 49.0 Å². The Balaban J connectivity index is 1.73. The maximum atomic E-state index is 10.8. The summed E-state index contributed by atoms with van der Waals surface area (Å²) in [6.45, 7) is 10.5. The third-order valence-electron chi connectivity index (χ3n) is 5.76. The Hall–Kier alpha value is -0.570. The van der Waals surface area contributed by atoms with Crippen molar-refractivity contribution in [2.45, 2.75) is 72.1 Å². The Morgan fingerprint density at radius 3 is 2.29 bits per heavy atom. The summed E-state index contributed by atoms with van der Waals surface area (Å²) in [5.74, 6) is -0.147. The Morgan fingerprint density at radius 2 is 1.76 bits per heavy atom. The number of hydrogen-bond acceptors (Lipinski definition) is 2. The number of rotatable bonds is 6. The lowest BCUT2D eigenvalue weighted by Crippen LogP contribution is -2.57. The standard InChI is InChI=1S/C18H33NO2/c1-17(2,3)15(7-8-16(20)21)9-12-19-13-18(14-19)10-5-4-6-11-18/h15H,4-14H2,1-3H3,(H,20,21). The lowest BCUT2D eigenvalue weighted by atomic mass is 9.68. The quantitative estimate of drug-likeness (QED) is 0.799. The van der Waals surface area contributed by atoms with Gasteiger partial charge in [-0.25, -0.2) is 0 Å². The van der Waals surface area contributed by atoms with Crippen LogP contribution in [-0.4, -0.2) is 35.6 Å². The van der Waals surface area contributed by atoms with Gasteiger partial charge < -0.3 is 10.0 Å². The van der Waals surface area contributed by atoms with Crippen molar-refractivity contribution in [1.82, 2.24) is 4.90 Å². The molecular formula is C18H33NO2. The molecule has 2 fully saturated rings. The molecule has 0 aromatic rings. The zero-order chi connectivity index (χ0) is 15.5. The average Bonchev–Trinajstić information content (AvgIpc) is 2.35. The highest BCUT2D eigenvalue weighted by molar-refractivity contribution is 5.66. The topological polar surface area (TPSA) is 40.5 Å². The summed E-state index contributed by atoms with van der Waals surface area (Å²) in [6.07, 6.45) is 9.43. The molecule has 1 spiro atoms. The lowest BCUT2D eigenvalue weighted by molar-refractivity contribution is -0.137. The molecule has 2 aliphatic rings. The first-order chi connectivity index (χ1) is 9.81. The zero-order valence-electron chi connectivity index (χ0n) is 14.2. The van der Waals surface area contributed by atoms with Gasteiger partial charge in [0.05, 0.1) is 0 Å². The predicted molar refractivity (Wildman–Crippen MR) is 86.4 cm³/mol. The minimum absolute atomic E-state index is 0.211. The number of hydrogen-bond donors (Lipinski definition) is 1. The second kappa shape index (κ2) is 6.68. The molecule has 3 heteroatoms. The third-order valence-corrected chi connectivity index (χ3v) is 5.76. The Kier molecular flexibility index (Phi) is 5.34. The van der Waals surface area contributed by atoms with Gasteiger partial charge in [0.25, 0.3) is 0 Å². The molecule has 3 nitrogen and oxygen atoms in total. The van der Waals surface area contributed by atoms with Crippen LogP contribution in [0, 0.1) is 16.7 Å². The smallest absolute Gasteiger partial charge is 0.303 e. The summed E-state index contributed by atoms with van der Waals surface area (Å²) >= 11 is 0. The highest BCUT2D eigenvalue weighted by Crippen LogP contribution is 2.44. The summed E-state index contributed by atoms with van der Waals surface area (Å²) in [7, 11) is 0. The van der Waals surface area contributed by atoms with Crippen molar-refractivity contribution in [1.29, 1.82) is 0 Å². The highest BCUT2D eigenvalue weighted by atomic mass is 16.4. The van der Waals surface area contributed by atoms with Crippen molar-refractivity contribution in [2.24, 2.45) is 16.7 Å². The molecule has 1 saturated heterocycles. The summed E-state index contributed by atoms with van der Waals surface area (Å²) in [5.41, 5.74) is 0.874. The molecule has 0 amide bonds. The number of carbonyl (C=O) groups is 1. The fourth-order valence-corrected chi connectivity index (χ4v) is 4.32. The van der Waals surface area contributed by atoms with E-state index >= 15 is 0 Å². The summed E-state index contributed by atoms with van der Waals surface area (Å²) in [5, 5.41) is 8.92. The van der Waals surface area contributed by atoms with E-state index < -0.39 is 5.97 Å². The molecule has 1 heterocycles. The molecular weight excluding hydrogens is 262 g/mol. The second-order valence-electron chi connectivity index (χ2n) is 8.56. The molecule has 21 heavy (non-hydrogen) atoms. The summed E-state index contributed by atoms with van der Waals surface area (Å²) in [6, 6.07) is 0. The lowest BCUT2D eigenvalue weighted by Gasteiger charge is -2.53. The maximum absolute atomic E-state index is 10.8. The van der Waals surface area contributed by atoms with Gasteiger partial charge in [0.15, 0.2) is 0 Å². The van der Waals surface area contributed by atoms with Crippen molar-refractivity contribution < 1.29 is 9.90 Å². The van der Waals surface area contributed by atoms with Crippen LogP contribution in [0.15, 0.2) is 0 Å². The second-order valence-corrected chi connectivity index (χ2v) is 8.56. The normalized spacial score (nSPS) is 23.8. The molecule has 1 N–H and O–H groups in total. The van der Waals surface area contributed by atoms with Crippen molar-refractivity contribution in [2.75, 3.05) is 19.6 Å². The van der Waals surface area contributed by atoms with Crippen LogP contribution in [-0.2, 0) is 4.79 Å². The summed E-state index contributed by atoms with van der Waals surface area (Å²) in [4.78, 5) is 13.4. The maximum Gasteiger partial charge on any atom is 0.303 e. The van der Waals surface area contributed by atoms with E-state index in [2.05, 4.69) is 25.7 Å². The van der Waals surface area contributed by atoms with E-state index in [1.165, 1.54) is 45.2 Å². The minimum atomic E-state index is -0.658. The van der Waals surface area contributed by atoms with Crippen LogP contribution >= 0.6 is 0 Å². The van der Waals surface area contributed by atoms with Crippen LogP contribution in [0.2, 0.25) is 0 Å². The Labute approximate surface area is 130 Å².